The lowest BCUT2D eigenvalue weighted by Gasteiger charge is -2.14. The van der Waals surface area contributed by atoms with Crippen LogP contribution in [0.1, 0.15) is 13.1 Å². The number of oxime groups is 1. The second-order valence-electron chi connectivity index (χ2n) is 7.24. The smallest absolute Gasteiger partial charge is 0.275 e. The van der Waals surface area contributed by atoms with Crippen LogP contribution in [0.5, 0.6) is 0 Å². The van der Waals surface area contributed by atoms with E-state index in [0.717, 1.165) is 9.95 Å². The second-order valence-corrected chi connectivity index (χ2v) is 9.36. The Labute approximate surface area is 214 Å². The summed E-state index contributed by atoms with van der Waals surface area (Å²) < 4.78 is 42.3. The highest BCUT2D eigenvalue weighted by Gasteiger charge is 2.18. The molecule has 2 aromatic carbocycles. The number of benzene rings is 2. The Kier molecular flexibility index (Phi) is 10.1. The van der Waals surface area contributed by atoms with Crippen molar-refractivity contribution in [2.24, 2.45) is 16.6 Å². The van der Waals surface area contributed by atoms with Crippen molar-refractivity contribution in [3.8, 4) is 0 Å². The summed E-state index contributed by atoms with van der Waals surface area (Å²) in [6, 6.07) is 12.5. The third kappa shape index (κ3) is 7.58. The average molecular weight is 545 g/mol. The van der Waals surface area contributed by atoms with E-state index in [1.54, 1.807) is 31.2 Å². The molecule has 0 aliphatic rings. The van der Waals surface area contributed by atoms with Crippen LogP contribution in [0, 0.1) is 6.92 Å². The number of amides is 1. The van der Waals surface area contributed by atoms with Gasteiger partial charge >= 0.3 is 0 Å². The van der Waals surface area contributed by atoms with Crippen LogP contribution in [-0.2, 0) is 26.2 Å². The highest BCUT2D eigenvalue weighted by Crippen LogP contribution is 2.23. The number of anilines is 1. The number of carbonyl (C=O) groups excluding carboxylic acids is 1. The minimum Gasteiger partial charge on any atom is -0.391 e. The number of nitrogens with two attached hydrogens (primary N) is 2. The number of guanidine groups is 1. The number of nitrogens with zero attached hydrogens (tertiary/aromatic N) is 2. The first-order chi connectivity index (χ1) is 17.1. The van der Waals surface area contributed by atoms with E-state index in [1.165, 1.54) is 24.3 Å². The first kappa shape index (κ1) is 28.4. The molecular weight excluding hydrogens is 515 g/mol. The van der Waals surface area contributed by atoms with E-state index in [4.69, 9.17) is 32.6 Å². The van der Waals surface area contributed by atoms with Gasteiger partial charge in [0.2, 0.25) is 11.9 Å². The SMILES string of the molecule is C.Cc1ccc(NS(=O)(=O)c2ccc3cc(Cl)ccc3c2)c(=O)n1CC(=O)NCCON=C(N)N.[3H]F. The Morgan fingerprint density at radius 3 is 2.53 bits per heavy atom. The standard InChI is InChI=1S/C21H23ClN6O5S.CH4.FH/c1-13-2-7-18(20(30)28(13)12-19(29)25-8-9-33-26-21(23)24)27-34(31,32)17-6-4-14-10-16(22)5-3-15(14)11-17;;/h2-7,10-11,27H,8-9,12H2,1H3,(H,25,29)(H4,23,24,26);1H4;1H/i/hT. The van der Waals surface area contributed by atoms with Crippen molar-refractivity contribution >= 4 is 50.0 Å². The molecule has 0 aliphatic carbocycles. The molecule has 0 atom stereocenters. The number of aryl methyl sites for hydroxylation is 1. The van der Waals surface area contributed by atoms with Gasteiger partial charge in [0.15, 0.2) is 0 Å². The monoisotopic (exact) mass is 544 g/mol. The van der Waals surface area contributed by atoms with Gasteiger partial charge in [-0.15, -0.1) is 0 Å². The summed E-state index contributed by atoms with van der Waals surface area (Å²) in [6.07, 6.45) is 0. The lowest BCUT2D eigenvalue weighted by Crippen LogP contribution is -2.36. The molecule has 0 saturated heterocycles. The third-order valence-corrected chi connectivity index (χ3v) is 6.31. The third-order valence-electron chi connectivity index (χ3n) is 4.71. The van der Waals surface area contributed by atoms with Crippen LogP contribution in [0.25, 0.3) is 10.8 Å². The van der Waals surface area contributed by atoms with Crippen LogP contribution in [0.2, 0.25) is 5.02 Å². The fourth-order valence-electron chi connectivity index (χ4n) is 3.07. The Morgan fingerprint density at radius 1 is 1.17 bits per heavy atom. The van der Waals surface area contributed by atoms with Gasteiger partial charge in [-0.3, -0.25) is 19.0 Å². The number of sulfonamides is 1. The summed E-state index contributed by atoms with van der Waals surface area (Å²) in [7, 11) is -4.07. The normalized spacial score (nSPS) is 10.7. The van der Waals surface area contributed by atoms with Gasteiger partial charge in [0.25, 0.3) is 17.0 Å². The molecule has 0 bridgehead atoms. The first-order valence-electron chi connectivity index (χ1n) is 10.3. The Hall–Kier alpha value is -3.84. The lowest BCUT2D eigenvalue weighted by atomic mass is 10.1. The van der Waals surface area contributed by atoms with Gasteiger partial charge in [-0.25, -0.2) is 8.42 Å². The molecule has 11 nitrogen and oxygen atoms in total. The van der Waals surface area contributed by atoms with Crippen molar-refractivity contribution in [2.75, 3.05) is 17.9 Å². The number of hydrogen-bond acceptors (Lipinski definition) is 6. The van der Waals surface area contributed by atoms with E-state index in [2.05, 4.69) is 16.6 Å². The van der Waals surface area contributed by atoms with Crippen molar-refractivity contribution in [1.82, 2.24) is 9.88 Å². The number of carbonyl (C=O) groups is 1. The van der Waals surface area contributed by atoms with Crippen LogP contribution in [0.3, 0.4) is 0 Å². The van der Waals surface area contributed by atoms with Gasteiger partial charge in [-0.1, -0.05) is 31.2 Å². The Bertz CT molecular complexity index is 1430. The van der Waals surface area contributed by atoms with Gasteiger partial charge in [-0.05, 0) is 59.3 Å². The number of halogens is 2. The maximum Gasteiger partial charge on any atom is 0.275 e. The first-order valence-corrected chi connectivity index (χ1v) is 11.8. The zero-order valence-corrected chi connectivity index (χ0v) is 20.1. The molecule has 3 rings (SSSR count). The van der Waals surface area contributed by atoms with Gasteiger partial charge in [0, 0.05) is 10.7 Å². The van der Waals surface area contributed by atoms with Crippen LogP contribution < -0.4 is 27.1 Å². The predicted molar refractivity (Wildman–Crippen MR) is 139 cm³/mol. The minimum absolute atomic E-state index is 0. The van der Waals surface area contributed by atoms with E-state index in [-0.39, 0.29) is 43.7 Å². The molecule has 0 radical (unpaired) electrons. The number of nitrogens with one attached hydrogen (secondary N) is 2. The Balaban J connectivity index is 0.00000223. The molecule has 1 amide bonds. The fourth-order valence-corrected chi connectivity index (χ4v) is 4.34. The quantitative estimate of drug-likeness (QED) is 0.138. The summed E-state index contributed by atoms with van der Waals surface area (Å²) >= 11 is 5.97. The zero-order chi connectivity index (χ0) is 26.9. The zero-order valence-electron chi connectivity index (χ0n) is 19.5. The molecule has 36 heavy (non-hydrogen) atoms. The van der Waals surface area contributed by atoms with Gasteiger partial charge in [0.05, 0.1) is 11.4 Å². The maximum atomic E-state index is 12.9. The van der Waals surface area contributed by atoms with Gasteiger partial charge in [0.1, 0.15) is 18.8 Å². The van der Waals surface area contributed by atoms with E-state index in [0.29, 0.717) is 16.1 Å². The van der Waals surface area contributed by atoms with Crippen LogP contribution in [0.15, 0.2) is 63.4 Å². The fraction of sp³-hybridized carbons (Fsp3) is 0.227. The highest BCUT2D eigenvalue weighted by molar-refractivity contribution is 7.92. The maximum absolute atomic E-state index is 12.9. The van der Waals surface area contributed by atoms with E-state index in [1.807, 2.05) is 0 Å². The molecular formula is C22H28ClFN6O5S. The number of aromatic nitrogens is 1. The van der Waals surface area contributed by atoms with Crippen molar-refractivity contribution in [2.45, 2.75) is 25.8 Å². The molecule has 3 aromatic rings. The molecule has 6 N–H and O–H groups in total. The van der Waals surface area contributed by atoms with Crippen LogP contribution in [-0.4, -0.2) is 39.5 Å². The Morgan fingerprint density at radius 2 is 1.83 bits per heavy atom. The van der Waals surface area contributed by atoms with Crippen molar-refractivity contribution in [1.29, 1.82) is 1.45 Å². The molecule has 1 aromatic heterocycles. The van der Waals surface area contributed by atoms with Crippen molar-refractivity contribution in [3.63, 3.8) is 0 Å². The predicted octanol–water partition coefficient (Wildman–Crippen LogP) is 1.87. The van der Waals surface area contributed by atoms with E-state index < -0.39 is 21.5 Å². The van der Waals surface area contributed by atoms with Crippen LogP contribution >= 0.6 is 11.6 Å². The molecule has 0 fully saturated rings. The summed E-state index contributed by atoms with van der Waals surface area (Å²) in [4.78, 5) is 29.9. The second kappa shape index (κ2) is 12.7. The number of rotatable bonds is 9. The van der Waals surface area contributed by atoms with Gasteiger partial charge in [-0.2, -0.15) is 0 Å². The minimum atomic E-state index is -4.07. The van der Waals surface area contributed by atoms with Crippen molar-refractivity contribution in [3.05, 3.63) is 69.6 Å². The molecule has 1 heterocycles. The van der Waals surface area contributed by atoms with Crippen molar-refractivity contribution < 1.29 is 22.8 Å². The molecule has 0 spiro atoms. The number of hydrogen-bond donors (Lipinski definition) is 4. The highest BCUT2D eigenvalue weighted by atomic mass is 35.5. The van der Waals surface area contributed by atoms with Crippen LogP contribution in [0.4, 0.5) is 10.4 Å². The molecule has 196 valence electrons. The largest absolute Gasteiger partial charge is 0.391 e. The molecule has 0 saturated carbocycles. The lowest BCUT2D eigenvalue weighted by molar-refractivity contribution is -0.122. The summed E-state index contributed by atoms with van der Waals surface area (Å²) in [5.74, 6) is -0.729. The number of pyridine rings is 1. The summed E-state index contributed by atoms with van der Waals surface area (Å²) in [5, 5.41) is 7.86. The van der Waals surface area contributed by atoms with Gasteiger partial charge < -0.3 is 26.2 Å². The molecule has 14 heteroatoms. The topological polar surface area (TPSA) is 171 Å². The van der Waals surface area contributed by atoms with E-state index in [9.17, 15) is 18.0 Å². The summed E-state index contributed by atoms with van der Waals surface area (Å²) in [6.45, 7) is 1.43. The van der Waals surface area contributed by atoms with E-state index >= 15 is 0 Å². The average Bonchev–Trinajstić information content (AvgIpc) is 2.84. The number of fused-ring (bicyclic) bond motifs is 1. The molecule has 0 aliphatic heterocycles. The summed E-state index contributed by atoms with van der Waals surface area (Å²) in [5.41, 5.74) is 9.86. The molecule has 0 unspecified atom stereocenters.